The second kappa shape index (κ2) is 8.15. The van der Waals surface area contributed by atoms with Crippen LogP contribution < -0.4 is 14.8 Å². The van der Waals surface area contributed by atoms with Gasteiger partial charge in [-0.25, -0.2) is 8.42 Å². The number of amides is 1. The average molecular weight is 473 g/mol. The molecule has 0 unspecified atom stereocenters. The summed E-state index contributed by atoms with van der Waals surface area (Å²) in [4.78, 5) is 12.9. The predicted octanol–water partition coefficient (Wildman–Crippen LogP) is 3.35. The van der Waals surface area contributed by atoms with Crippen LogP contribution in [-0.4, -0.2) is 42.2 Å². The first kappa shape index (κ1) is 20.9. The molecule has 1 fully saturated rings. The normalized spacial score (nSPS) is 18.1. The Balaban J connectivity index is 1.35. The summed E-state index contributed by atoms with van der Waals surface area (Å²) in [6.45, 7) is 2.41. The van der Waals surface area contributed by atoms with Crippen LogP contribution >= 0.6 is 11.3 Å². The molecule has 2 aromatic carbocycles. The molecule has 166 valence electrons. The summed E-state index contributed by atoms with van der Waals surface area (Å²) in [5, 5.41) is 11.6. The number of nitrogens with one attached hydrogen (secondary N) is 1. The number of aryl methyl sites for hydroxylation is 1. The zero-order valence-corrected chi connectivity index (χ0v) is 18.8. The van der Waals surface area contributed by atoms with Crippen molar-refractivity contribution in [1.29, 1.82) is 0 Å². The number of rotatable bonds is 5. The number of carbonyl (C=O) groups excluding carboxylic acids is 1. The molecule has 3 aromatic rings. The molecule has 1 amide bonds. The van der Waals surface area contributed by atoms with Gasteiger partial charge in [0.1, 0.15) is 5.01 Å². The summed E-state index contributed by atoms with van der Waals surface area (Å²) in [7, 11) is -3.68. The van der Waals surface area contributed by atoms with Crippen molar-refractivity contribution in [2.45, 2.75) is 30.7 Å². The fraction of sp³-hybridized carbons (Fsp3) is 0.286. The third-order valence-electron chi connectivity index (χ3n) is 5.35. The number of benzene rings is 2. The SMILES string of the molecule is Cc1cccc(S(=O)(=O)N2CCC[C@@H]2c2nnc(C(=O)Nc3ccc4c(c3)OCO4)s2)c1. The molecule has 0 radical (unpaired) electrons. The lowest BCUT2D eigenvalue weighted by molar-refractivity contribution is 0.102. The summed E-state index contributed by atoms with van der Waals surface area (Å²) < 4.78 is 38.5. The Kier molecular flexibility index (Phi) is 5.31. The van der Waals surface area contributed by atoms with E-state index in [9.17, 15) is 13.2 Å². The van der Waals surface area contributed by atoms with Crippen LogP contribution in [0.5, 0.6) is 11.5 Å². The van der Waals surface area contributed by atoms with E-state index in [0.717, 1.165) is 16.9 Å². The standard InChI is InChI=1S/C21H20N4O5S2/c1-13-4-2-5-15(10-13)32(27,28)25-9-3-6-16(25)20-23-24-21(31-20)19(26)22-14-7-8-17-18(11-14)30-12-29-17/h2,4-5,7-8,10-11,16H,3,6,9,12H2,1H3,(H,22,26)/t16-/m1/s1. The van der Waals surface area contributed by atoms with E-state index in [-0.39, 0.29) is 16.7 Å². The fourth-order valence-corrected chi connectivity index (χ4v) is 6.52. The van der Waals surface area contributed by atoms with E-state index in [1.165, 1.54) is 4.31 Å². The van der Waals surface area contributed by atoms with Crippen molar-refractivity contribution >= 4 is 33.0 Å². The van der Waals surface area contributed by atoms with Gasteiger partial charge < -0.3 is 14.8 Å². The molecule has 1 saturated heterocycles. The minimum absolute atomic E-state index is 0.149. The first-order valence-corrected chi connectivity index (χ1v) is 12.3. The lowest BCUT2D eigenvalue weighted by Gasteiger charge is -2.22. The minimum Gasteiger partial charge on any atom is -0.454 e. The number of hydrogen-bond acceptors (Lipinski definition) is 8. The Labute approximate surface area is 189 Å². The Morgan fingerprint density at radius 2 is 2.00 bits per heavy atom. The van der Waals surface area contributed by atoms with Crippen molar-refractivity contribution < 1.29 is 22.7 Å². The van der Waals surface area contributed by atoms with Crippen LogP contribution in [0.15, 0.2) is 47.4 Å². The minimum atomic E-state index is -3.68. The monoisotopic (exact) mass is 472 g/mol. The molecule has 0 aliphatic carbocycles. The number of hydrogen-bond donors (Lipinski definition) is 1. The Morgan fingerprint density at radius 1 is 1.16 bits per heavy atom. The van der Waals surface area contributed by atoms with Gasteiger partial charge in [-0.2, -0.15) is 4.31 Å². The maximum Gasteiger partial charge on any atom is 0.286 e. The number of fused-ring (bicyclic) bond motifs is 1. The molecule has 9 nitrogen and oxygen atoms in total. The number of aromatic nitrogens is 2. The van der Waals surface area contributed by atoms with E-state index >= 15 is 0 Å². The Bertz CT molecular complexity index is 1290. The first-order valence-electron chi connectivity index (χ1n) is 10.0. The Morgan fingerprint density at radius 3 is 2.84 bits per heavy atom. The van der Waals surface area contributed by atoms with E-state index in [0.29, 0.717) is 41.6 Å². The van der Waals surface area contributed by atoms with Gasteiger partial charge >= 0.3 is 0 Å². The Hall–Kier alpha value is -3.02. The maximum absolute atomic E-state index is 13.2. The first-order chi connectivity index (χ1) is 15.4. The van der Waals surface area contributed by atoms with Crippen LogP contribution in [0.1, 0.15) is 39.3 Å². The van der Waals surface area contributed by atoms with Gasteiger partial charge in [-0.15, -0.1) is 10.2 Å². The summed E-state index contributed by atoms with van der Waals surface area (Å²) in [5.41, 5.74) is 1.42. The van der Waals surface area contributed by atoms with Gasteiger partial charge in [0.2, 0.25) is 21.8 Å². The number of nitrogens with zero attached hydrogens (tertiary/aromatic N) is 3. The molecule has 1 aromatic heterocycles. The molecule has 1 atom stereocenters. The molecule has 0 bridgehead atoms. The molecule has 0 saturated carbocycles. The largest absolute Gasteiger partial charge is 0.454 e. The molecule has 32 heavy (non-hydrogen) atoms. The molecule has 11 heteroatoms. The number of anilines is 1. The van der Waals surface area contributed by atoms with Gasteiger partial charge in [0, 0.05) is 18.3 Å². The molecule has 3 heterocycles. The molecule has 2 aliphatic heterocycles. The second-order valence-corrected chi connectivity index (χ2v) is 10.5. The van der Waals surface area contributed by atoms with Gasteiger partial charge in [-0.05, 0) is 49.6 Å². The summed E-state index contributed by atoms with van der Waals surface area (Å²) >= 11 is 1.10. The van der Waals surface area contributed by atoms with Crippen molar-refractivity contribution in [3.63, 3.8) is 0 Å². The van der Waals surface area contributed by atoms with Crippen LogP contribution in [0.4, 0.5) is 5.69 Å². The highest BCUT2D eigenvalue weighted by Gasteiger charge is 2.38. The molecule has 0 spiro atoms. The smallest absolute Gasteiger partial charge is 0.286 e. The van der Waals surface area contributed by atoms with Crippen molar-refractivity contribution in [3.05, 3.63) is 58.0 Å². The predicted molar refractivity (Wildman–Crippen MR) is 117 cm³/mol. The lowest BCUT2D eigenvalue weighted by Crippen LogP contribution is -2.30. The van der Waals surface area contributed by atoms with E-state index in [4.69, 9.17) is 9.47 Å². The second-order valence-electron chi connectivity index (χ2n) is 7.56. The van der Waals surface area contributed by atoms with Crippen LogP contribution in [0.3, 0.4) is 0 Å². The van der Waals surface area contributed by atoms with Crippen molar-refractivity contribution in [2.75, 3.05) is 18.7 Å². The van der Waals surface area contributed by atoms with Crippen LogP contribution in [0, 0.1) is 6.92 Å². The van der Waals surface area contributed by atoms with Gasteiger partial charge in [-0.1, -0.05) is 23.5 Å². The third-order valence-corrected chi connectivity index (χ3v) is 8.28. The highest BCUT2D eigenvalue weighted by molar-refractivity contribution is 7.89. The molecule has 5 rings (SSSR count). The highest BCUT2D eigenvalue weighted by Crippen LogP contribution is 2.38. The fourth-order valence-electron chi connectivity index (χ4n) is 3.81. The van der Waals surface area contributed by atoms with E-state index in [2.05, 4.69) is 15.5 Å². The van der Waals surface area contributed by atoms with E-state index < -0.39 is 22.0 Å². The van der Waals surface area contributed by atoms with Crippen LogP contribution in [-0.2, 0) is 10.0 Å². The number of sulfonamides is 1. The summed E-state index contributed by atoms with van der Waals surface area (Å²) in [6, 6.07) is 11.5. The summed E-state index contributed by atoms with van der Waals surface area (Å²) in [5.74, 6) is 0.764. The van der Waals surface area contributed by atoms with E-state index in [1.807, 2.05) is 13.0 Å². The summed E-state index contributed by atoms with van der Waals surface area (Å²) in [6.07, 6.45) is 1.34. The zero-order chi connectivity index (χ0) is 22.3. The van der Waals surface area contributed by atoms with Crippen molar-refractivity contribution in [3.8, 4) is 11.5 Å². The molecule has 1 N–H and O–H groups in total. The number of ether oxygens (including phenoxy) is 2. The zero-order valence-electron chi connectivity index (χ0n) is 17.1. The average Bonchev–Trinajstić information content (AvgIpc) is 3.53. The highest BCUT2D eigenvalue weighted by atomic mass is 32.2. The topological polar surface area (TPSA) is 111 Å². The quantitative estimate of drug-likeness (QED) is 0.606. The lowest BCUT2D eigenvalue weighted by atomic mass is 10.2. The van der Waals surface area contributed by atoms with Crippen LogP contribution in [0.2, 0.25) is 0 Å². The van der Waals surface area contributed by atoms with E-state index in [1.54, 1.807) is 36.4 Å². The van der Waals surface area contributed by atoms with Crippen molar-refractivity contribution in [2.24, 2.45) is 0 Å². The van der Waals surface area contributed by atoms with Gasteiger partial charge in [0.25, 0.3) is 5.91 Å². The molecular weight excluding hydrogens is 452 g/mol. The molecule has 2 aliphatic rings. The maximum atomic E-state index is 13.2. The van der Waals surface area contributed by atoms with Gasteiger partial charge in [0.05, 0.1) is 10.9 Å². The van der Waals surface area contributed by atoms with Crippen LogP contribution in [0.25, 0.3) is 0 Å². The third kappa shape index (κ3) is 3.83. The van der Waals surface area contributed by atoms with Crippen molar-refractivity contribution in [1.82, 2.24) is 14.5 Å². The number of carbonyl (C=O) groups is 1. The van der Waals surface area contributed by atoms with Gasteiger partial charge in [0.15, 0.2) is 11.5 Å². The van der Waals surface area contributed by atoms with Gasteiger partial charge in [-0.3, -0.25) is 4.79 Å². The molecular formula is C21H20N4O5S2.